The molecular formula is C25H30N6O3. The van der Waals surface area contributed by atoms with E-state index in [4.69, 9.17) is 0 Å². The minimum Gasteiger partial charge on any atom is -0.477 e. The van der Waals surface area contributed by atoms with E-state index in [1.807, 2.05) is 55.5 Å². The summed E-state index contributed by atoms with van der Waals surface area (Å²) in [4.78, 5) is 14.2. The number of aromatic amines is 1. The Labute approximate surface area is 198 Å². The van der Waals surface area contributed by atoms with Crippen molar-refractivity contribution in [2.45, 2.75) is 58.2 Å². The van der Waals surface area contributed by atoms with Gasteiger partial charge in [-0.15, -0.1) is 5.10 Å². The van der Waals surface area contributed by atoms with E-state index in [9.17, 15) is 15.0 Å². The summed E-state index contributed by atoms with van der Waals surface area (Å²) in [6, 6.07) is 15.5. The summed E-state index contributed by atoms with van der Waals surface area (Å²) in [5, 5.41) is 38.4. The monoisotopic (exact) mass is 462 g/mol. The van der Waals surface area contributed by atoms with E-state index in [2.05, 4.69) is 32.9 Å². The van der Waals surface area contributed by atoms with E-state index >= 15 is 0 Å². The molecule has 1 aliphatic heterocycles. The van der Waals surface area contributed by atoms with Crippen molar-refractivity contribution in [2.75, 3.05) is 4.90 Å². The van der Waals surface area contributed by atoms with Crippen LogP contribution in [0.1, 0.15) is 47.0 Å². The van der Waals surface area contributed by atoms with Crippen LogP contribution in [0.4, 0.5) is 5.69 Å². The average molecular weight is 463 g/mol. The minimum absolute atomic E-state index is 0.0620. The molecular weight excluding hydrogens is 432 g/mol. The number of carboxylic acid groups (broad SMARTS) is 1. The van der Waals surface area contributed by atoms with Crippen molar-refractivity contribution in [1.82, 2.24) is 25.9 Å². The Morgan fingerprint density at radius 1 is 1.12 bits per heavy atom. The molecule has 178 valence electrons. The van der Waals surface area contributed by atoms with Gasteiger partial charge in [-0.05, 0) is 67.3 Å². The highest BCUT2D eigenvalue weighted by molar-refractivity contribution is 5.94. The highest BCUT2D eigenvalue weighted by Gasteiger charge is 2.47. The van der Waals surface area contributed by atoms with Gasteiger partial charge >= 0.3 is 5.97 Å². The number of carboxylic acids is 1. The normalized spacial score (nSPS) is 18.3. The van der Waals surface area contributed by atoms with Crippen LogP contribution in [0, 0.1) is 0 Å². The number of nitrogens with one attached hydrogen (secondary N) is 2. The summed E-state index contributed by atoms with van der Waals surface area (Å²) < 4.78 is 0. The predicted molar refractivity (Wildman–Crippen MR) is 130 cm³/mol. The molecule has 3 aromatic rings. The first-order valence-electron chi connectivity index (χ1n) is 11.4. The number of aliphatic hydroxyl groups is 1. The number of aliphatic carboxylic acids is 1. The van der Waals surface area contributed by atoms with E-state index in [-0.39, 0.29) is 5.70 Å². The molecule has 34 heavy (non-hydrogen) atoms. The molecule has 9 nitrogen and oxygen atoms in total. The lowest BCUT2D eigenvalue weighted by molar-refractivity contribution is -0.133. The zero-order valence-electron chi connectivity index (χ0n) is 19.8. The first kappa shape index (κ1) is 23.4. The van der Waals surface area contributed by atoms with E-state index in [0.29, 0.717) is 17.9 Å². The van der Waals surface area contributed by atoms with Crippen LogP contribution in [0.5, 0.6) is 0 Å². The molecule has 0 fully saturated rings. The molecule has 1 unspecified atom stereocenters. The number of unbranched alkanes of at least 4 members (excludes halogenated alkanes) is 1. The van der Waals surface area contributed by atoms with Crippen molar-refractivity contribution < 1.29 is 15.0 Å². The third-order valence-electron chi connectivity index (χ3n) is 6.14. The molecule has 0 radical (unpaired) electrons. The van der Waals surface area contributed by atoms with Crippen molar-refractivity contribution in [3.8, 4) is 22.5 Å². The van der Waals surface area contributed by atoms with Gasteiger partial charge in [-0.3, -0.25) is 0 Å². The first-order valence-corrected chi connectivity index (χ1v) is 11.4. The van der Waals surface area contributed by atoms with Gasteiger partial charge in [-0.25, -0.2) is 9.89 Å². The number of carbonyl (C=O) groups is 1. The van der Waals surface area contributed by atoms with Crippen LogP contribution in [-0.2, 0) is 4.79 Å². The Hall–Kier alpha value is -3.72. The van der Waals surface area contributed by atoms with Gasteiger partial charge in [0.15, 0.2) is 11.5 Å². The van der Waals surface area contributed by atoms with Crippen molar-refractivity contribution >= 4 is 11.7 Å². The zero-order valence-corrected chi connectivity index (χ0v) is 19.8. The van der Waals surface area contributed by atoms with Crippen molar-refractivity contribution in [3.63, 3.8) is 0 Å². The molecule has 0 saturated heterocycles. The van der Waals surface area contributed by atoms with Crippen LogP contribution < -0.4 is 10.2 Å². The molecule has 1 atom stereocenters. The summed E-state index contributed by atoms with van der Waals surface area (Å²) in [5.41, 5.74) is 1.84. The lowest BCUT2D eigenvalue weighted by Crippen LogP contribution is -2.52. The van der Waals surface area contributed by atoms with E-state index in [1.165, 1.54) is 0 Å². The topological polar surface area (TPSA) is 127 Å². The lowest BCUT2D eigenvalue weighted by Gasteiger charge is -2.38. The van der Waals surface area contributed by atoms with E-state index in [1.54, 1.807) is 18.7 Å². The lowest BCUT2D eigenvalue weighted by atomic mass is 9.98. The third kappa shape index (κ3) is 4.26. The summed E-state index contributed by atoms with van der Waals surface area (Å²) in [6.45, 7) is 7.27. The molecule has 0 amide bonds. The van der Waals surface area contributed by atoms with Crippen LogP contribution >= 0.6 is 0 Å². The second-order valence-electron chi connectivity index (χ2n) is 9.27. The predicted octanol–water partition coefficient (Wildman–Crippen LogP) is 3.92. The molecule has 0 aliphatic carbocycles. The Kier molecular flexibility index (Phi) is 6.14. The fourth-order valence-electron chi connectivity index (χ4n) is 4.50. The van der Waals surface area contributed by atoms with Gasteiger partial charge in [-0.1, -0.05) is 49.7 Å². The van der Waals surface area contributed by atoms with Crippen molar-refractivity contribution in [1.29, 1.82) is 0 Å². The minimum atomic E-state index is -1.33. The van der Waals surface area contributed by atoms with E-state index < -0.39 is 17.2 Å². The van der Waals surface area contributed by atoms with Gasteiger partial charge in [0, 0.05) is 11.3 Å². The molecule has 4 rings (SSSR count). The second-order valence-corrected chi connectivity index (χ2v) is 9.27. The number of aromatic nitrogens is 4. The summed E-state index contributed by atoms with van der Waals surface area (Å²) in [6.07, 6.45) is 2.59. The van der Waals surface area contributed by atoms with E-state index in [0.717, 1.165) is 35.2 Å². The van der Waals surface area contributed by atoms with Crippen molar-refractivity contribution in [3.05, 3.63) is 59.9 Å². The summed E-state index contributed by atoms with van der Waals surface area (Å²) >= 11 is 0. The Morgan fingerprint density at radius 3 is 2.35 bits per heavy atom. The molecule has 2 heterocycles. The number of rotatable bonds is 8. The maximum absolute atomic E-state index is 12.4. The maximum atomic E-state index is 12.4. The quantitative estimate of drug-likeness (QED) is 0.397. The molecule has 4 N–H and O–H groups in total. The zero-order chi connectivity index (χ0) is 24.5. The Bertz CT molecular complexity index is 1200. The average Bonchev–Trinajstić information content (AvgIpc) is 3.44. The summed E-state index contributed by atoms with van der Waals surface area (Å²) in [5.74, 6) is -0.515. The van der Waals surface area contributed by atoms with Crippen LogP contribution in [0.25, 0.3) is 22.5 Å². The van der Waals surface area contributed by atoms with Crippen molar-refractivity contribution in [2.24, 2.45) is 0 Å². The highest BCUT2D eigenvalue weighted by Crippen LogP contribution is 2.41. The number of tetrazole rings is 1. The van der Waals surface area contributed by atoms with Gasteiger partial charge < -0.3 is 20.4 Å². The number of H-pyrrole nitrogens is 1. The molecule has 0 bridgehead atoms. The molecule has 0 saturated carbocycles. The molecule has 2 aromatic carbocycles. The Balaban J connectivity index is 1.78. The van der Waals surface area contributed by atoms with Gasteiger partial charge in [0.2, 0.25) is 0 Å². The SMILES string of the molecule is CCCCC1(C)NC(C(C)(C)O)=C(C(=O)O)N1c1ccc(-c2ccccc2-c2nnn[nH]2)cc1. The van der Waals surface area contributed by atoms with Crippen LogP contribution in [0.2, 0.25) is 0 Å². The second kappa shape index (κ2) is 8.90. The number of benzene rings is 2. The summed E-state index contributed by atoms with van der Waals surface area (Å²) in [7, 11) is 0. The Morgan fingerprint density at radius 2 is 1.79 bits per heavy atom. The fourth-order valence-corrected chi connectivity index (χ4v) is 4.50. The fraction of sp³-hybridized carbons (Fsp3) is 0.360. The third-order valence-corrected chi connectivity index (χ3v) is 6.14. The largest absolute Gasteiger partial charge is 0.477 e. The van der Waals surface area contributed by atoms with Crippen LogP contribution in [0.15, 0.2) is 59.9 Å². The number of anilines is 1. The number of hydrogen-bond acceptors (Lipinski definition) is 7. The molecule has 0 spiro atoms. The molecule has 1 aliphatic rings. The highest BCUT2D eigenvalue weighted by atomic mass is 16.4. The van der Waals surface area contributed by atoms with Crippen LogP contribution in [0.3, 0.4) is 0 Å². The molecule has 9 heteroatoms. The number of hydrogen-bond donors (Lipinski definition) is 4. The first-order chi connectivity index (χ1) is 16.2. The number of nitrogens with zero attached hydrogens (tertiary/aromatic N) is 4. The smallest absolute Gasteiger partial charge is 0.354 e. The van der Waals surface area contributed by atoms with Gasteiger partial charge in [-0.2, -0.15) is 0 Å². The van der Waals surface area contributed by atoms with Crippen LogP contribution in [-0.4, -0.2) is 48.1 Å². The molecule has 1 aromatic heterocycles. The maximum Gasteiger partial charge on any atom is 0.354 e. The van der Waals surface area contributed by atoms with Gasteiger partial charge in [0.1, 0.15) is 11.3 Å². The van der Waals surface area contributed by atoms with Gasteiger partial charge in [0.25, 0.3) is 0 Å². The standard InChI is InChI=1S/C25H30N6O3/c1-5-6-15-25(4)26-21(24(2,3)34)20(23(32)33)31(25)17-13-11-16(12-14-17)18-9-7-8-10-19(18)22-27-29-30-28-22/h7-14,26,34H,5-6,15H2,1-4H3,(H,32,33)(H,27,28,29,30). The van der Waals surface area contributed by atoms with Gasteiger partial charge in [0.05, 0.1) is 5.70 Å².